The first-order valence-corrected chi connectivity index (χ1v) is 9.48. The zero-order valence-corrected chi connectivity index (χ0v) is 17.7. The van der Waals surface area contributed by atoms with E-state index in [0.717, 1.165) is 12.1 Å². The second-order valence-electron chi connectivity index (χ2n) is 6.22. The topological polar surface area (TPSA) is 144 Å². The van der Waals surface area contributed by atoms with Crippen molar-refractivity contribution in [3.05, 3.63) is 77.1 Å². The zero-order valence-electron chi connectivity index (χ0n) is 17.0. The minimum absolute atomic E-state index is 0.0823. The highest BCUT2D eigenvalue weighted by molar-refractivity contribution is 6.31. The number of alkyl halides is 3. The summed E-state index contributed by atoms with van der Waals surface area (Å²) in [5, 5.41) is 13.2. The average Bonchev–Trinajstić information content (AvgIpc) is 2.76. The number of ether oxygens (including phenoxy) is 1. The number of aromatic nitrogens is 1. The van der Waals surface area contributed by atoms with Crippen molar-refractivity contribution in [2.24, 2.45) is 5.73 Å². The normalized spacial score (nSPS) is 10.4. The first-order chi connectivity index (χ1) is 16.0. The number of carboxylic acids is 1. The summed E-state index contributed by atoms with van der Waals surface area (Å²) >= 11 is 5.55. The van der Waals surface area contributed by atoms with Crippen molar-refractivity contribution in [1.82, 2.24) is 4.98 Å². The lowest BCUT2D eigenvalue weighted by molar-refractivity contribution is -0.137. The fourth-order valence-corrected chi connectivity index (χ4v) is 2.67. The zero-order chi connectivity index (χ0) is 25.3. The highest BCUT2D eigenvalue weighted by Crippen LogP contribution is 2.36. The van der Waals surface area contributed by atoms with Crippen LogP contribution in [-0.4, -0.2) is 28.5 Å². The number of carbonyl (C=O) groups excluding carboxylic acids is 2. The van der Waals surface area contributed by atoms with E-state index in [0.29, 0.717) is 11.4 Å². The van der Waals surface area contributed by atoms with Crippen molar-refractivity contribution < 1.29 is 37.4 Å². The molecule has 3 rings (SSSR count). The van der Waals surface area contributed by atoms with Crippen LogP contribution in [0, 0.1) is 0 Å². The molecule has 0 atom stereocenters. The van der Waals surface area contributed by atoms with E-state index in [9.17, 15) is 22.8 Å². The molecule has 3 aromatic rings. The molecule has 34 heavy (non-hydrogen) atoms. The van der Waals surface area contributed by atoms with Crippen LogP contribution in [0.25, 0.3) is 0 Å². The third-order valence-corrected chi connectivity index (χ3v) is 4.16. The number of carboxylic acid groups (broad SMARTS) is 1. The lowest BCUT2D eigenvalue weighted by atomic mass is 10.2. The standard InChI is InChI=1S/C20H13ClF3N3O4.CH3NO/c21-16-6-3-12(9-15(16)20(22,23)24)27-19(30)26-11-1-4-13(5-2-11)31-14-7-8-25-17(10-14)18(28)29;2-1-3/h1-10H,(H,28,29)(H2,26,27,30);1H,(H2,2,3). The number of hydrogen-bond donors (Lipinski definition) is 4. The molecule has 1 heterocycles. The number of rotatable bonds is 5. The van der Waals surface area contributed by atoms with Gasteiger partial charge in [0.2, 0.25) is 6.41 Å². The summed E-state index contributed by atoms with van der Waals surface area (Å²) in [6.45, 7) is 0. The molecule has 0 radical (unpaired) electrons. The number of amides is 3. The van der Waals surface area contributed by atoms with Gasteiger partial charge < -0.3 is 26.2 Å². The Labute approximate surface area is 195 Å². The summed E-state index contributed by atoms with van der Waals surface area (Å²) in [5.41, 5.74) is 3.19. The summed E-state index contributed by atoms with van der Waals surface area (Å²) in [7, 11) is 0. The van der Waals surface area contributed by atoms with Crippen LogP contribution < -0.4 is 21.1 Å². The van der Waals surface area contributed by atoms with Gasteiger partial charge in [0.1, 0.15) is 11.5 Å². The third kappa shape index (κ3) is 7.67. The number of halogens is 4. The van der Waals surface area contributed by atoms with Gasteiger partial charge in [0, 0.05) is 23.6 Å². The van der Waals surface area contributed by atoms with Gasteiger partial charge in [-0.15, -0.1) is 0 Å². The smallest absolute Gasteiger partial charge is 0.417 e. The Bertz CT molecular complexity index is 1170. The maximum absolute atomic E-state index is 12.9. The van der Waals surface area contributed by atoms with E-state index in [1.165, 1.54) is 48.7 Å². The largest absolute Gasteiger partial charge is 0.477 e. The number of anilines is 2. The minimum atomic E-state index is -4.65. The number of nitrogens with two attached hydrogens (primary N) is 1. The van der Waals surface area contributed by atoms with Crippen LogP contribution in [-0.2, 0) is 11.0 Å². The van der Waals surface area contributed by atoms with Crippen molar-refractivity contribution in [3.8, 4) is 11.5 Å². The fraction of sp³-hybridized carbons (Fsp3) is 0.0476. The van der Waals surface area contributed by atoms with Crippen molar-refractivity contribution in [1.29, 1.82) is 0 Å². The number of aromatic carboxylic acids is 1. The summed E-state index contributed by atoms with van der Waals surface area (Å²) in [6.07, 6.45) is -3.11. The molecule has 2 aromatic carbocycles. The number of pyridine rings is 1. The molecular weight excluding hydrogens is 481 g/mol. The molecule has 0 saturated heterocycles. The molecule has 0 saturated carbocycles. The SMILES string of the molecule is NC=O.O=C(Nc1ccc(Oc2ccnc(C(=O)O)c2)cc1)Nc1ccc(Cl)c(C(F)(F)F)c1. The van der Waals surface area contributed by atoms with Gasteiger partial charge >= 0.3 is 18.2 Å². The van der Waals surface area contributed by atoms with Crippen molar-refractivity contribution >= 4 is 41.4 Å². The predicted molar refractivity (Wildman–Crippen MR) is 117 cm³/mol. The van der Waals surface area contributed by atoms with Gasteiger partial charge in [0.05, 0.1) is 10.6 Å². The van der Waals surface area contributed by atoms with Crippen molar-refractivity contribution in [2.45, 2.75) is 6.18 Å². The monoisotopic (exact) mass is 496 g/mol. The summed E-state index contributed by atoms with van der Waals surface area (Å²) in [6, 6.07) is 11.0. The quantitative estimate of drug-likeness (QED) is 0.366. The van der Waals surface area contributed by atoms with Crippen LogP contribution in [0.3, 0.4) is 0 Å². The molecule has 178 valence electrons. The summed E-state index contributed by atoms with van der Waals surface area (Å²) in [4.78, 5) is 35.3. The molecule has 0 fully saturated rings. The molecule has 0 aliphatic heterocycles. The van der Waals surface area contributed by atoms with E-state index in [-0.39, 0.29) is 23.5 Å². The Hall–Kier alpha value is -4.32. The van der Waals surface area contributed by atoms with E-state index < -0.39 is 28.8 Å². The molecule has 1 aromatic heterocycles. The predicted octanol–water partition coefficient (Wildman–Crippen LogP) is 4.99. The van der Waals surface area contributed by atoms with Gasteiger partial charge in [-0.2, -0.15) is 13.2 Å². The Morgan fingerprint density at radius 1 is 1.00 bits per heavy atom. The average molecular weight is 497 g/mol. The molecule has 5 N–H and O–H groups in total. The molecule has 0 unspecified atom stereocenters. The van der Waals surface area contributed by atoms with E-state index in [1.807, 2.05) is 0 Å². The van der Waals surface area contributed by atoms with Gasteiger partial charge in [-0.1, -0.05) is 11.6 Å². The Balaban J connectivity index is 0.00000129. The first kappa shape index (κ1) is 25.9. The number of primary amides is 1. The molecule has 3 amide bonds. The van der Waals surface area contributed by atoms with Crippen LogP contribution in [0.4, 0.5) is 29.3 Å². The molecule has 0 bridgehead atoms. The van der Waals surface area contributed by atoms with Crippen LogP contribution in [0.2, 0.25) is 5.02 Å². The molecule has 0 spiro atoms. The lowest BCUT2D eigenvalue weighted by Gasteiger charge is -2.12. The Kier molecular flexibility index (Phi) is 8.79. The number of benzene rings is 2. The number of hydrogen-bond acceptors (Lipinski definition) is 5. The van der Waals surface area contributed by atoms with Crippen LogP contribution in [0.15, 0.2) is 60.8 Å². The third-order valence-electron chi connectivity index (χ3n) is 3.83. The molecule has 0 aliphatic rings. The molecular formula is C21H16ClF3N4O5. The first-order valence-electron chi connectivity index (χ1n) is 9.11. The minimum Gasteiger partial charge on any atom is -0.477 e. The van der Waals surface area contributed by atoms with Gasteiger partial charge in [0.25, 0.3) is 0 Å². The molecule has 0 aliphatic carbocycles. The van der Waals surface area contributed by atoms with E-state index in [2.05, 4.69) is 21.4 Å². The highest BCUT2D eigenvalue weighted by Gasteiger charge is 2.33. The second-order valence-corrected chi connectivity index (χ2v) is 6.62. The molecule has 9 nitrogen and oxygen atoms in total. The van der Waals surface area contributed by atoms with Crippen LogP contribution >= 0.6 is 11.6 Å². The number of carbonyl (C=O) groups is 3. The Morgan fingerprint density at radius 2 is 1.59 bits per heavy atom. The highest BCUT2D eigenvalue weighted by atomic mass is 35.5. The fourth-order valence-electron chi connectivity index (χ4n) is 2.45. The van der Waals surface area contributed by atoms with E-state index >= 15 is 0 Å². The maximum Gasteiger partial charge on any atom is 0.417 e. The van der Waals surface area contributed by atoms with Gasteiger partial charge in [-0.3, -0.25) is 4.79 Å². The van der Waals surface area contributed by atoms with Gasteiger partial charge in [-0.05, 0) is 48.5 Å². The second kappa shape index (κ2) is 11.5. The Morgan fingerprint density at radius 3 is 2.18 bits per heavy atom. The van der Waals surface area contributed by atoms with Gasteiger partial charge in [-0.25, -0.2) is 14.6 Å². The lowest BCUT2D eigenvalue weighted by Crippen LogP contribution is -2.19. The van der Waals surface area contributed by atoms with Crippen molar-refractivity contribution in [2.75, 3.05) is 10.6 Å². The number of urea groups is 1. The number of nitrogens with one attached hydrogen (secondary N) is 2. The number of nitrogens with zero attached hydrogens (tertiary/aromatic N) is 1. The van der Waals surface area contributed by atoms with Gasteiger partial charge in [0.15, 0.2) is 5.69 Å². The maximum atomic E-state index is 12.9. The van der Waals surface area contributed by atoms with Crippen LogP contribution in [0.5, 0.6) is 11.5 Å². The van der Waals surface area contributed by atoms with Crippen molar-refractivity contribution in [3.63, 3.8) is 0 Å². The summed E-state index contributed by atoms with van der Waals surface area (Å²) in [5.74, 6) is -0.575. The molecule has 13 heteroatoms. The van der Waals surface area contributed by atoms with E-state index in [1.54, 1.807) is 0 Å². The van der Waals surface area contributed by atoms with Crippen LogP contribution in [0.1, 0.15) is 16.1 Å². The van der Waals surface area contributed by atoms with E-state index in [4.69, 9.17) is 26.2 Å². The summed E-state index contributed by atoms with van der Waals surface area (Å²) < 4.78 is 44.3.